The first-order valence-electron chi connectivity index (χ1n) is 11.7. The molecule has 1 aliphatic heterocycles. The molecule has 2 aromatic heterocycles. The number of rotatable bonds is 6. The van der Waals surface area contributed by atoms with Crippen LogP contribution in [0.15, 0.2) is 79.0 Å². The van der Waals surface area contributed by atoms with E-state index in [-0.39, 0.29) is 12.1 Å². The van der Waals surface area contributed by atoms with Crippen molar-refractivity contribution < 1.29 is 8.42 Å². The summed E-state index contributed by atoms with van der Waals surface area (Å²) in [5.74, 6) is 0. The van der Waals surface area contributed by atoms with Gasteiger partial charge in [0, 0.05) is 39.7 Å². The van der Waals surface area contributed by atoms with Gasteiger partial charge in [0.1, 0.15) is 0 Å². The molecule has 2 aromatic carbocycles. The number of hydrogen-bond donors (Lipinski definition) is 2. The summed E-state index contributed by atoms with van der Waals surface area (Å²) >= 11 is 12.0. The number of pyridine rings is 1. The first-order valence-corrected chi connectivity index (χ1v) is 14.3. The fourth-order valence-corrected chi connectivity index (χ4v) is 5.96. The second-order valence-electron chi connectivity index (χ2n) is 9.06. The quantitative estimate of drug-likeness (QED) is 0.300. The van der Waals surface area contributed by atoms with Gasteiger partial charge in [-0.2, -0.15) is 0 Å². The predicted molar refractivity (Wildman–Crippen MR) is 153 cm³/mol. The molecule has 10 heteroatoms. The summed E-state index contributed by atoms with van der Waals surface area (Å²) in [6.45, 7) is 4.18. The van der Waals surface area contributed by atoms with E-state index in [9.17, 15) is 8.42 Å². The van der Waals surface area contributed by atoms with Gasteiger partial charge in [0.05, 0.1) is 24.0 Å². The Kier molecular flexibility index (Phi) is 6.70. The van der Waals surface area contributed by atoms with E-state index in [1.807, 2.05) is 54.6 Å². The number of aromatic nitrogens is 2. The van der Waals surface area contributed by atoms with Gasteiger partial charge in [0.2, 0.25) is 10.0 Å². The Labute approximate surface area is 227 Å². The third kappa shape index (κ3) is 5.07. The van der Waals surface area contributed by atoms with Crippen LogP contribution in [0.3, 0.4) is 0 Å². The van der Waals surface area contributed by atoms with E-state index in [0.29, 0.717) is 15.8 Å². The number of nitrogens with zero attached hydrogens (tertiary/aromatic N) is 3. The van der Waals surface area contributed by atoms with Crippen LogP contribution in [-0.2, 0) is 10.0 Å². The second-order valence-corrected chi connectivity index (χ2v) is 11.6. The van der Waals surface area contributed by atoms with E-state index in [1.54, 1.807) is 18.3 Å². The van der Waals surface area contributed by atoms with Crippen LogP contribution in [0.2, 0.25) is 5.02 Å². The van der Waals surface area contributed by atoms with Crippen LogP contribution in [0, 0.1) is 13.8 Å². The molecule has 190 valence electrons. The molecule has 0 spiro atoms. The average Bonchev–Trinajstić information content (AvgIpc) is 3.35. The largest absolute Gasteiger partial charge is 0.351 e. The van der Waals surface area contributed by atoms with Gasteiger partial charge in [-0.3, -0.25) is 9.71 Å². The molecule has 3 heterocycles. The molecule has 0 saturated carbocycles. The Hall–Kier alpha value is -3.40. The molecule has 7 nitrogen and oxygen atoms in total. The predicted octanol–water partition coefficient (Wildman–Crippen LogP) is 5.69. The van der Waals surface area contributed by atoms with Crippen LogP contribution in [0.1, 0.15) is 34.7 Å². The lowest BCUT2D eigenvalue weighted by atomic mass is 9.96. The zero-order valence-electron chi connectivity index (χ0n) is 20.5. The summed E-state index contributed by atoms with van der Waals surface area (Å²) in [5.41, 5.74) is 6.51. The van der Waals surface area contributed by atoms with Crippen molar-refractivity contribution in [2.75, 3.05) is 15.9 Å². The van der Waals surface area contributed by atoms with Gasteiger partial charge in [0.25, 0.3) is 0 Å². The van der Waals surface area contributed by atoms with Crippen LogP contribution in [0.4, 0.5) is 11.4 Å². The smallest absolute Gasteiger partial charge is 0.229 e. The number of halogens is 1. The molecule has 0 aliphatic carbocycles. The van der Waals surface area contributed by atoms with Gasteiger partial charge in [0.15, 0.2) is 5.11 Å². The normalized spacial score (nSPS) is 17.6. The third-order valence-corrected chi connectivity index (χ3v) is 7.59. The highest BCUT2D eigenvalue weighted by Crippen LogP contribution is 2.44. The van der Waals surface area contributed by atoms with Crippen LogP contribution >= 0.6 is 23.8 Å². The molecule has 0 unspecified atom stereocenters. The molecule has 1 aliphatic rings. The fourth-order valence-electron chi connectivity index (χ4n) is 4.93. The van der Waals surface area contributed by atoms with Gasteiger partial charge in [-0.15, -0.1) is 0 Å². The van der Waals surface area contributed by atoms with Crippen molar-refractivity contribution in [3.05, 3.63) is 107 Å². The summed E-state index contributed by atoms with van der Waals surface area (Å²) in [6, 6.07) is 22.7. The minimum atomic E-state index is -3.38. The first-order chi connectivity index (χ1) is 17.6. The molecular formula is C27H26ClN5O2S2. The van der Waals surface area contributed by atoms with Gasteiger partial charge in [-0.1, -0.05) is 17.7 Å². The van der Waals surface area contributed by atoms with Crippen molar-refractivity contribution in [1.82, 2.24) is 14.9 Å². The molecule has 2 N–H and O–H groups in total. The summed E-state index contributed by atoms with van der Waals surface area (Å²) < 4.78 is 28.1. The van der Waals surface area contributed by atoms with Crippen LogP contribution in [-0.4, -0.2) is 29.3 Å². The summed E-state index contributed by atoms with van der Waals surface area (Å²) in [5, 5.41) is 4.74. The molecular weight excluding hydrogens is 526 g/mol. The Morgan fingerprint density at radius 1 is 1.00 bits per heavy atom. The molecule has 1 fully saturated rings. The Morgan fingerprint density at radius 2 is 1.68 bits per heavy atom. The highest BCUT2D eigenvalue weighted by Gasteiger charge is 2.42. The topological polar surface area (TPSA) is 79.3 Å². The number of anilines is 2. The number of sulfonamides is 1. The standard InChI is InChI=1S/C27H26ClN5O2S2/c1-17-16-23(18(2)32(17)21-11-7-19(28)8-12-21)26-25(24-6-4-5-15-29-24)30-27(36)33(26)22-13-9-20(10-14-22)31-37(3,34)35/h4-16,25-26,31H,1-3H3,(H,30,36)/t25-,26+/m0/s1. The van der Waals surface area contributed by atoms with Crippen molar-refractivity contribution in [3.63, 3.8) is 0 Å². The molecule has 0 amide bonds. The van der Waals surface area contributed by atoms with Crippen LogP contribution in [0.25, 0.3) is 5.69 Å². The zero-order valence-corrected chi connectivity index (χ0v) is 22.9. The molecule has 0 bridgehead atoms. The van der Waals surface area contributed by atoms with E-state index >= 15 is 0 Å². The number of thiocarbonyl (C=S) groups is 1. The Bertz CT molecular complexity index is 1550. The maximum absolute atomic E-state index is 11.7. The lowest BCUT2D eigenvalue weighted by Crippen LogP contribution is -2.29. The third-order valence-electron chi connectivity index (χ3n) is 6.42. The minimum Gasteiger partial charge on any atom is -0.351 e. The van der Waals surface area contributed by atoms with E-state index in [0.717, 1.165) is 40.3 Å². The molecule has 37 heavy (non-hydrogen) atoms. The van der Waals surface area contributed by atoms with Crippen molar-refractivity contribution in [3.8, 4) is 5.69 Å². The fraction of sp³-hybridized carbons (Fsp3) is 0.185. The molecule has 1 saturated heterocycles. The van der Waals surface area contributed by atoms with Gasteiger partial charge in [-0.05, 0) is 98.4 Å². The van der Waals surface area contributed by atoms with E-state index in [1.165, 1.54) is 0 Å². The van der Waals surface area contributed by atoms with E-state index < -0.39 is 10.0 Å². The Morgan fingerprint density at radius 3 is 2.30 bits per heavy atom. The van der Waals surface area contributed by atoms with Gasteiger partial charge in [-0.25, -0.2) is 8.42 Å². The highest BCUT2D eigenvalue weighted by atomic mass is 35.5. The monoisotopic (exact) mass is 551 g/mol. The van der Waals surface area contributed by atoms with Crippen molar-refractivity contribution >= 4 is 50.3 Å². The van der Waals surface area contributed by atoms with Crippen molar-refractivity contribution in [2.24, 2.45) is 0 Å². The number of nitrogens with one attached hydrogen (secondary N) is 2. The molecule has 4 aromatic rings. The van der Waals surface area contributed by atoms with Gasteiger partial charge < -0.3 is 14.8 Å². The van der Waals surface area contributed by atoms with Crippen molar-refractivity contribution in [2.45, 2.75) is 25.9 Å². The summed E-state index contributed by atoms with van der Waals surface area (Å²) in [6.07, 6.45) is 2.91. The maximum Gasteiger partial charge on any atom is 0.229 e. The van der Waals surface area contributed by atoms with E-state index in [2.05, 4.69) is 44.4 Å². The van der Waals surface area contributed by atoms with Crippen LogP contribution in [0.5, 0.6) is 0 Å². The summed E-state index contributed by atoms with van der Waals surface area (Å²) in [7, 11) is -3.38. The maximum atomic E-state index is 11.7. The number of hydrogen-bond acceptors (Lipinski definition) is 4. The second kappa shape index (κ2) is 9.81. The zero-order chi connectivity index (χ0) is 26.3. The first kappa shape index (κ1) is 25.3. The Balaban J connectivity index is 1.62. The molecule has 5 rings (SSSR count). The lowest BCUT2D eigenvalue weighted by Gasteiger charge is -2.28. The SMILES string of the molecule is Cc1cc([C@@H]2[C@H](c3ccccn3)NC(=S)N2c2ccc(NS(C)(=O)=O)cc2)c(C)n1-c1ccc(Cl)cc1. The number of aryl methyl sites for hydroxylation is 1. The van der Waals surface area contributed by atoms with E-state index in [4.69, 9.17) is 23.8 Å². The molecule has 2 atom stereocenters. The van der Waals surface area contributed by atoms with Gasteiger partial charge >= 0.3 is 0 Å². The highest BCUT2D eigenvalue weighted by molar-refractivity contribution is 7.92. The van der Waals surface area contributed by atoms with Crippen molar-refractivity contribution in [1.29, 1.82) is 0 Å². The summed E-state index contributed by atoms with van der Waals surface area (Å²) in [4.78, 5) is 6.71. The van der Waals surface area contributed by atoms with Crippen LogP contribution < -0.4 is 14.9 Å². The average molecular weight is 552 g/mol. The lowest BCUT2D eigenvalue weighted by molar-refractivity contribution is 0.565. The minimum absolute atomic E-state index is 0.191. The number of benzene rings is 2. The molecule has 0 radical (unpaired) electrons.